The van der Waals surface area contributed by atoms with Crippen molar-refractivity contribution in [1.82, 2.24) is 14.7 Å². The van der Waals surface area contributed by atoms with Crippen molar-refractivity contribution in [1.29, 1.82) is 0 Å². The van der Waals surface area contributed by atoms with Crippen LogP contribution in [0.5, 0.6) is 0 Å². The Kier molecular flexibility index (Phi) is 10.4. The molecule has 0 radical (unpaired) electrons. The first kappa shape index (κ1) is 22.1. The van der Waals surface area contributed by atoms with Gasteiger partial charge in [0.2, 0.25) is 5.91 Å². The Morgan fingerprint density at radius 1 is 1.48 bits per heavy atom. The van der Waals surface area contributed by atoms with E-state index in [0.717, 1.165) is 32.5 Å². The first-order valence-electron chi connectivity index (χ1n) is 7.47. The summed E-state index contributed by atoms with van der Waals surface area (Å²) in [5.41, 5.74) is 5.74. The maximum absolute atomic E-state index is 12.0. The molecule has 0 aromatic carbocycles. The third-order valence-corrected chi connectivity index (χ3v) is 3.95. The molecule has 23 heavy (non-hydrogen) atoms. The molecular formula is C14H27Cl2N5O2. The number of rotatable bonds is 6. The minimum atomic E-state index is -0.666. The molecule has 134 valence electrons. The highest BCUT2D eigenvalue weighted by atomic mass is 35.5. The molecule has 1 unspecified atom stereocenters. The van der Waals surface area contributed by atoms with Gasteiger partial charge in [0.15, 0.2) is 0 Å². The number of ether oxygens (including phenoxy) is 1. The van der Waals surface area contributed by atoms with E-state index in [4.69, 9.17) is 10.5 Å². The van der Waals surface area contributed by atoms with Crippen molar-refractivity contribution in [3.05, 3.63) is 12.3 Å². The summed E-state index contributed by atoms with van der Waals surface area (Å²) in [6, 6.07) is 1.47. The zero-order valence-corrected chi connectivity index (χ0v) is 15.2. The molecule has 1 atom stereocenters. The average Bonchev–Trinajstić information content (AvgIpc) is 2.95. The summed E-state index contributed by atoms with van der Waals surface area (Å²) < 4.78 is 6.81. The Balaban J connectivity index is 0.00000242. The van der Waals surface area contributed by atoms with Gasteiger partial charge in [-0.05, 0) is 19.4 Å². The van der Waals surface area contributed by atoms with Gasteiger partial charge in [-0.2, -0.15) is 5.10 Å². The normalized spacial score (nSPS) is 17.0. The van der Waals surface area contributed by atoms with E-state index in [1.54, 1.807) is 6.20 Å². The second kappa shape index (κ2) is 10.8. The quantitative estimate of drug-likeness (QED) is 0.791. The molecule has 7 nitrogen and oxygen atoms in total. The van der Waals surface area contributed by atoms with Gasteiger partial charge in [-0.3, -0.25) is 4.79 Å². The summed E-state index contributed by atoms with van der Waals surface area (Å²) in [4.78, 5) is 14.4. The number of hydrogen-bond acceptors (Lipinski definition) is 5. The van der Waals surface area contributed by atoms with Crippen molar-refractivity contribution >= 4 is 36.5 Å². The second-order valence-electron chi connectivity index (χ2n) is 5.38. The van der Waals surface area contributed by atoms with E-state index in [1.165, 1.54) is 7.11 Å². The number of piperidine rings is 1. The zero-order valence-electron chi connectivity index (χ0n) is 13.6. The van der Waals surface area contributed by atoms with Gasteiger partial charge < -0.3 is 20.7 Å². The third-order valence-electron chi connectivity index (χ3n) is 3.95. The zero-order chi connectivity index (χ0) is 15.2. The number of amides is 1. The number of anilines is 1. The number of nitrogens with two attached hydrogens (primary N) is 1. The fourth-order valence-corrected chi connectivity index (χ4v) is 2.66. The van der Waals surface area contributed by atoms with Crippen molar-refractivity contribution in [3.8, 4) is 0 Å². The Hall–Kier alpha value is -0.860. The SMILES string of the molecule is CCN1CCC(n2nccc2NC(=O)C(N)COC)CC1.Cl.Cl. The number of aromatic nitrogens is 2. The maximum Gasteiger partial charge on any atom is 0.244 e. The monoisotopic (exact) mass is 367 g/mol. The lowest BCUT2D eigenvalue weighted by Gasteiger charge is -2.31. The number of nitrogens with one attached hydrogen (secondary N) is 1. The van der Waals surface area contributed by atoms with Crippen molar-refractivity contribution in [2.75, 3.05) is 38.7 Å². The number of halogens is 2. The molecule has 1 aliphatic rings. The van der Waals surface area contributed by atoms with Gasteiger partial charge in [-0.1, -0.05) is 6.92 Å². The number of methoxy groups -OCH3 is 1. The minimum Gasteiger partial charge on any atom is -0.383 e. The molecule has 9 heteroatoms. The van der Waals surface area contributed by atoms with Gasteiger partial charge in [0.25, 0.3) is 0 Å². The van der Waals surface area contributed by atoms with Crippen molar-refractivity contribution in [2.24, 2.45) is 5.73 Å². The van der Waals surface area contributed by atoms with Crippen molar-refractivity contribution in [3.63, 3.8) is 0 Å². The van der Waals surface area contributed by atoms with Gasteiger partial charge in [0.1, 0.15) is 11.9 Å². The van der Waals surface area contributed by atoms with Crippen LogP contribution in [0.1, 0.15) is 25.8 Å². The van der Waals surface area contributed by atoms with Crippen molar-refractivity contribution in [2.45, 2.75) is 31.8 Å². The van der Waals surface area contributed by atoms with Gasteiger partial charge in [0.05, 0.1) is 18.8 Å². The average molecular weight is 368 g/mol. The molecule has 1 aliphatic heterocycles. The van der Waals surface area contributed by atoms with Gasteiger partial charge in [-0.15, -0.1) is 24.8 Å². The molecule has 2 rings (SSSR count). The summed E-state index contributed by atoms with van der Waals surface area (Å²) in [6.07, 6.45) is 3.80. The lowest BCUT2D eigenvalue weighted by molar-refractivity contribution is -0.118. The minimum absolute atomic E-state index is 0. The number of carbonyl (C=O) groups excluding carboxylic acids is 1. The smallest absolute Gasteiger partial charge is 0.244 e. The Morgan fingerprint density at radius 2 is 2.13 bits per heavy atom. The highest BCUT2D eigenvalue weighted by Crippen LogP contribution is 2.25. The largest absolute Gasteiger partial charge is 0.383 e. The van der Waals surface area contributed by atoms with Crippen LogP contribution in [0.25, 0.3) is 0 Å². The van der Waals surface area contributed by atoms with E-state index < -0.39 is 6.04 Å². The van der Waals surface area contributed by atoms with E-state index in [2.05, 4.69) is 22.2 Å². The van der Waals surface area contributed by atoms with E-state index in [-0.39, 0.29) is 37.3 Å². The Labute approximate surface area is 149 Å². The van der Waals surface area contributed by atoms with Gasteiger partial charge in [-0.25, -0.2) is 4.68 Å². The molecule has 0 aliphatic carbocycles. The lowest BCUT2D eigenvalue weighted by Crippen LogP contribution is -2.40. The second-order valence-corrected chi connectivity index (χ2v) is 5.38. The lowest BCUT2D eigenvalue weighted by atomic mass is 10.1. The van der Waals surface area contributed by atoms with E-state index in [1.807, 2.05) is 10.7 Å². The summed E-state index contributed by atoms with van der Waals surface area (Å²) in [6.45, 7) is 5.60. The number of nitrogens with zero attached hydrogens (tertiary/aromatic N) is 3. The predicted octanol–water partition coefficient (Wildman–Crippen LogP) is 1.30. The predicted molar refractivity (Wildman–Crippen MR) is 95.6 cm³/mol. The molecule has 3 N–H and O–H groups in total. The van der Waals surface area contributed by atoms with Crippen LogP contribution in [0.2, 0.25) is 0 Å². The Bertz CT molecular complexity index is 464. The van der Waals surface area contributed by atoms with Crippen LogP contribution in [-0.4, -0.2) is 60.0 Å². The molecule has 2 heterocycles. The van der Waals surface area contributed by atoms with E-state index in [0.29, 0.717) is 11.9 Å². The van der Waals surface area contributed by atoms with E-state index in [9.17, 15) is 4.79 Å². The standard InChI is InChI=1S/C14H25N5O2.2ClH/c1-3-18-8-5-11(6-9-18)19-13(4-7-16-19)17-14(20)12(15)10-21-2;;/h4,7,11-12H,3,5-6,8-10,15H2,1-2H3,(H,17,20);2*1H. The highest BCUT2D eigenvalue weighted by molar-refractivity contribution is 5.94. The molecule has 1 saturated heterocycles. The molecule has 0 saturated carbocycles. The molecule has 1 aromatic heterocycles. The fourth-order valence-electron chi connectivity index (χ4n) is 2.66. The van der Waals surface area contributed by atoms with Crippen LogP contribution in [0, 0.1) is 0 Å². The molecule has 0 spiro atoms. The topological polar surface area (TPSA) is 85.4 Å². The molecule has 1 fully saturated rings. The number of likely N-dealkylation sites (tertiary alicyclic amines) is 1. The summed E-state index contributed by atoms with van der Waals surface area (Å²) in [7, 11) is 1.53. The van der Waals surface area contributed by atoms with Crippen LogP contribution in [0.4, 0.5) is 5.82 Å². The molecular weight excluding hydrogens is 341 g/mol. The molecule has 1 amide bonds. The van der Waals surface area contributed by atoms with Crippen LogP contribution >= 0.6 is 24.8 Å². The summed E-state index contributed by atoms with van der Waals surface area (Å²) in [5, 5.41) is 7.20. The fraction of sp³-hybridized carbons (Fsp3) is 0.714. The van der Waals surface area contributed by atoms with Crippen LogP contribution in [0.15, 0.2) is 12.3 Å². The third kappa shape index (κ3) is 5.93. The van der Waals surface area contributed by atoms with Crippen molar-refractivity contribution < 1.29 is 9.53 Å². The maximum atomic E-state index is 12.0. The molecule has 0 bridgehead atoms. The highest BCUT2D eigenvalue weighted by Gasteiger charge is 2.23. The first-order valence-corrected chi connectivity index (χ1v) is 7.47. The van der Waals surface area contributed by atoms with Gasteiger partial charge >= 0.3 is 0 Å². The van der Waals surface area contributed by atoms with Crippen LogP contribution in [0.3, 0.4) is 0 Å². The first-order chi connectivity index (χ1) is 10.2. The summed E-state index contributed by atoms with van der Waals surface area (Å²) in [5.74, 6) is 0.464. The number of hydrogen-bond donors (Lipinski definition) is 2. The number of carbonyl (C=O) groups is 1. The van der Waals surface area contributed by atoms with Gasteiger partial charge in [0, 0.05) is 26.3 Å². The molecule has 1 aromatic rings. The summed E-state index contributed by atoms with van der Waals surface area (Å²) >= 11 is 0. The Morgan fingerprint density at radius 3 is 2.70 bits per heavy atom. The van der Waals surface area contributed by atoms with Crippen LogP contribution in [-0.2, 0) is 9.53 Å². The van der Waals surface area contributed by atoms with Crippen LogP contribution < -0.4 is 11.1 Å². The van der Waals surface area contributed by atoms with E-state index >= 15 is 0 Å².